The van der Waals surface area contributed by atoms with Crippen molar-refractivity contribution in [1.82, 2.24) is 9.97 Å². The molecule has 0 unspecified atom stereocenters. The van der Waals surface area contributed by atoms with E-state index < -0.39 is 0 Å². The van der Waals surface area contributed by atoms with E-state index >= 15 is 0 Å². The molecule has 0 radical (unpaired) electrons. The molecule has 144 valence electrons. The minimum absolute atomic E-state index is 0.678. The number of hydrogen-bond donors (Lipinski definition) is 1. The van der Waals surface area contributed by atoms with E-state index in [1.165, 1.54) is 0 Å². The highest BCUT2D eigenvalue weighted by molar-refractivity contribution is 5.64. The van der Waals surface area contributed by atoms with E-state index in [4.69, 9.17) is 19.4 Å². The minimum Gasteiger partial charge on any atom is -0.497 e. The molecule has 1 aliphatic heterocycles. The smallest absolute Gasteiger partial charge is 0.228 e. The lowest BCUT2D eigenvalue weighted by molar-refractivity contribution is 0.122. The van der Waals surface area contributed by atoms with Crippen LogP contribution in [0.5, 0.6) is 5.75 Å². The van der Waals surface area contributed by atoms with Crippen LogP contribution in [0.2, 0.25) is 0 Å². The lowest BCUT2D eigenvalue weighted by Gasteiger charge is -2.27. The molecule has 2 aromatic carbocycles. The van der Waals surface area contributed by atoms with Crippen molar-refractivity contribution >= 4 is 11.8 Å². The molecule has 1 N–H and O–H groups in total. The van der Waals surface area contributed by atoms with E-state index in [0.717, 1.165) is 47.4 Å². The number of nitrogens with zero attached hydrogens (tertiary/aromatic N) is 3. The zero-order valence-electron chi connectivity index (χ0n) is 16.0. The highest BCUT2D eigenvalue weighted by atomic mass is 16.5. The topological polar surface area (TPSA) is 59.5 Å². The maximum Gasteiger partial charge on any atom is 0.228 e. The molecule has 0 bridgehead atoms. The van der Waals surface area contributed by atoms with E-state index in [1.54, 1.807) is 7.11 Å². The Balaban J connectivity index is 1.59. The van der Waals surface area contributed by atoms with Crippen LogP contribution in [-0.4, -0.2) is 43.4 Å². The first-order valence-electron chi connectivity index (χ1n) is 9.46. The second-order valence-electron chi connectivity index (χ2n) is 6.61. The molecule has 3 aromatic rings. The number of nitrogens with one attached hydrogen (secondary N) is 1. The lowest BCUT2D eigenvalue weighted by Crippen LogP contribution is -2.37. The first-order valence-corrected chi connectivity index (χ1v) is 9.46. The number of benzene rings is 2. The van der Waals surface area contributed by atoms with E-state index in [-0.39, 0.29) is 0 Å². The van der Waals surface area contributed by atoms with Crippen molar-refractivity contribution in [3.63, 3.8) is 0 Å². The molecule has 0 aliphatic carbocycles. The Hall–Kier alpha value is -3.12. The van der Waals surface area contributed by atoms with Crippen molar-refractivity contribution in [2.24, 2.45) is 0 Å². The van der Waals surface area contributed by atoms with Crippen molar-refractivity contribution < 1.29 is 9.47 Å². The van der Waals surface area contributed by atoms with Gasteiger partial charge in [0, 0.05) is 31.3 Å². The summed E-state index contributed by atoms with van der Waals surface area (Å²) < 4.78 is 10.7. The number of aromatic nitrogens is 2. The molecule has 1 saturated heterocycles. The van der Waals surface area contributed by atoms with Crippen LogP contribution < -0.4 is 15.0 Å². The van der Waals surface area contributed by atoms with E-state index in [0.29, 0.717) is 19.8 Å². The van der Waals surface area contributed by atoms with Crippen LogP contribution in [0.15, 0.2) is 60.7 Å². The summed E-state index contributed by atoms with van der Waals surface area (Å²) in [5, 5.41) is 3.44. The Morgan fingerprint density at radius 1 is 1.00 bits per heavy atom. The fraction of sp³-hybridized carbons (Fsp3) is 0.273. The summed E-state index contributed by atoms with van der Waals surface area (Å²) in [6.07, 6.45) is 0. The third-order valence-electron chi connectivity index (χ3n) is 4.71. The van der Waals surface area contributed by atoms with Gasteiger partial charge in [-0.05, 0) is 17.7 Å². The fourth-order valence-corrected chi connectivity index (χ4v) is 3.12. The molecule has 0 saturated carbocycles. The second kappa shape index (κ2) is 8.71. The van der Waals surface area contributed by atoms with Crippen LogP contribution >= 0.6 is 0 Å². The minimum atomic E-state index is 0.678. The maximum atomic E-state index is 5.47. The predicted molar refractivity (Wildman–Crippen MR) is 111 cm³/mol. The van der Waals surface area contributed by atoms with E-state index in [1.807, 2.05) is 48.5 Å². The highest BCUT2D eigenvalue weighted by Gasteiger charge is 2.16. The quantitative estimate of drug-likeness (QED) is 0.709. The molecule has 0 amide bonds. The molecule has 6 nitrogen and oxygen atoms in total. The van der Waals surface area contributed by atoms with Crippen LogP contribution in [-0.2, 0) is 11.3 Å². The van der Waals surface area contributed by atoms with Gasteiger partial charge in [-0.25, -0.2) is 4.98 Å². The Labute approximate surface area is 165 Å². The van der Waals surface area contributed by atoms with Gasteiger partial charge in [-0.1, -0.05) is 42.5 Å². The average molecular weight is 376 g/mol. The molecule has 28 heavy (non-hydrogen) atoms. The maximum absolute atomic E-state index is 5.47. The van der Waals surface area contributed by atoms with Gasteiger partial charge in [0.15, 0.2) is 0 Å². The molecule has 2 heterocycles. The number of morpholine rings is 1. The summed E-state index contributed by atoms with van der Waals surface area (Å²) in [5.41, 5.74) is 3.15. The molecule has 0 atom stereocenters. The Morgan fingerprint density at radius 3 is 2.46 bits per heavy atom. The molecular formula is C22H24N4O2. The zero-order chi connectivity index (χ0) is 19.2. The number of ether oxygens (including phenoxy) is 2. The standard InChI is InChI=1S/C22H24N4O2/c1-27-19-9-7-17(8-10-19)16-23-21-15-20(18-5-3-2-4-6-18)24-22(25-21)26-11-13-28-14-12-26/h2-10,15H,11-14,16H2,1H3,(H,23,24,25). The molecule has 4 rings (SSSR count). The zero-order valence-corrected chi connectivity index (χ0v) is 16.0. The van der Waals surface area contributed by atoms with Crippen molar-refractivity contribution in [2.45, 2.75) is 6.54 Å². The summed E-state index contributed by atoms with van der Waals surface area (Å²) in [5.74, 6) is 2.40. The highest BCUT2D eigenvalue weighted by Crippen LogP contribution is 2.24. The molecule has 1 fully saturated rings. The predicted octanol–water partition coefficient (Wildman–Crippen LogP) is 3.60. The Morgan fingerprint density at radius 2 is 1.75 bits per heavy atom. The van der Waals surface area contributed by atoms with Crippen molar-refractivity contribution in [3.8, 4) is 17.0 Å². The number of hydrogen-bond acceptors (Lipinski definition) is 6. The summed E-state index contributed by atoms with van der Waals surface area (Å²) in [6.45, 7) is 3.69. The number of anilines is 2. The summed E-state index contributed by atoms with van der Waals surface area (Å²) in [7, 11) is 1.67. The third-order valence-corrected chi connectivity index (χ3v) is 4.71. The van der Waals surface area contributed by atoms with Gasteiger partial charge in [0.2, 0.25) is 5.95 Å². The monoisotopic (exact) mass is 376 g/mol. The van der Waals surface area contributed by atoms with Crippen LogP contribution in [0.3, 0.4) is 0 Å². The van der Waals surface area contributed by atoms with Crippen LogP contribution in [0.4, 0.5) is 11.8 Å². The Kier molecular flexibility index (Phi) is 5.68. The fourth-order valence-electron chi connectivity index (χ4n) is 3.12. The van der Waals surface area contributed by atoms with Gasteiger partial charge in [-0.15, -0.1) is 0 Å². The van der Waals surface area contributed by atoms with Gasteiger partial charge in [0.05, 0.1) is 26.0 Å². The second-order valence-corrected chi connectivity index (χ2v) is 6.61. The molecule has 1 aromatic heterocycles. The largest absolute Gasteiger partial charge is 0.497 e. The van der Waals surface area contributed by atoms with Gasteiger partial charge in [0.1, 0.15) is 11.6 Å². The summed E-state index contributed by atoms with van der Waals surface area (Å²) >= 11 is 0. The van der Waals surface area contributed by atoms with Crippen LogP contribution in [0, 0.1) is 0 Å². The lowest BCUT2D eigenvalue weighted by atomic mass is 10.1. The number of methoxy groups -OCH3 is 1. The van der Waals surface area contributed by atoms with Gasteiger partial charge >= 0.3 is 0 Å². The van der Waals surface area contributed by atoms with Gasteiger partial charge < -0.3 is 19.7 Å². The molecular weight excluding hydrogens is 352 g/mol. The molecule has 0 spiro atoms. The molecule has 1 aliphatic rings. The van der Waals surface area contributed by atoms with Gasteiger partial charge in [-0.3, -0.25) is 0 Å². The SMILES string of the molecule is COc1ccc(CNc2cc(-c3ccccc3)nc(N3CCOCC3)n2)cc1. The normalized spacial score (nSPS) is 14.0. The average Bonchev–Trinajstić information content (AvgIpc) is 2.79. The number of rotatable bonds is 6. The first-order chi connectivity index (χ1) is 13.8. The van der Waals surface area contributed by atoms with Crippen molar-refractivity contribution in [1.29, 1.82) is 0 Å². The Bertz CT molecular complexity index is 894. The van der Waals surface area contributed by atoms with E-state index in [2.05, 4.69) is 22.3 Å². The van der Waals surface area contributed by atoms with Crippen LogP contribution in [0.25, 0.3) is 11.3 Å². The third kappa shape index (κ3) is 4.40. The van der Waals surface area contributed by atoms with Crippen LogP contribution in [0.1, 0.15) is 5.56 Å². The van der Waals surface area contributed by atoms with Gasteiger partial charge in [0.25, 0.3) is 0 Å². The van der Waals surface area contributed by atoms with E-state index in [9.17, 15) is 0 Å². The molecule has 6 heteroatoms. The van der Waals surface area contributed by atoms with Gasteiger partial charge in [-0.2, -0.15) is 4.98 Å². The van der Waals surface area contributed by atoms with Crippen molar-refractivity contribution in [3.05, 3.63) is 66.2 Å². The summed E-state index contributed by atoms with van der Waals surface area (Å²) in [6, 6.07) is 20.2. The summed E-state index contributed by atoms with van der Waals surface area (Å²) in [4.78, 5) is 11.7. The van der Waals surface area contributed by atoms with Crippen molar-refractivity contribution in [2.75, 3.05) is 43.6 Å². The first kappa shape index (κ1) is 18.3.